The Hall–Kier alpha value is -0.320. The first-order valence-corrected chi connectivity index (χ1v) is 9.75. The van der Waals surface area contributed by atoms with Crippen LogP contribution in [-0.2, 0) is 9.53 Å². The standard InChI is InChI=1S/C19H34N2O2.ClH/c1-3-23-17-14-16(19(17)10-4-5-11-19)21(2)18(22)7-6-15-8-12-20-13-9-15;/h15-17,20H,3-14H2,1-2H3;1H. The number of carbonyl (C=O) groups excluding carboxylic acids is 1. The molecule has 1 aliphatic heterocycles. The van der Waals surface area contributed by atoms with Crippen molar-refractivity contribution in [2.75, 3.05) is 26.7 Å². The van der Waals surface area contributed by atoms with Crippen molar-refractivity contribution in [1.82, 2.24) is 10.2 Å². The SMILES string of the molecule is CCOC1CC(N(C)C(=O)CCC2CCNCC2)C12CCCC2.Cl. The Morgan fingerprint density at radius 1 is 1.25 bits per heavy atom. The minimum Gasteiger partial charge on any atom is -0.378 e. The van der Waals surface area contributed by atoms with Crippen molar-refractivity contribution in [1.29, 1.82) is 0 Å². The van der Waals surface area contributed by atoms with Crippen LogP contribution in [0.25, 0.3) is 0 Å². The molecular weight excluding hydrogens is 324 g/mol. The second-order valence-corrected chi connectivity index (χ2v) is 7.87. The summed E-state index contributed by atoms with van der Waals surface area (Å²) in [7, 11) is 2.04. The van der Waals surface area contributed by atoms with E-state index in [0.717, 1.165) is 44.9 Å². The molecular formula is C19H35ClN2O2. The fourth-order valence-corrected chi connectivity index (χ4v) is 5.24. The number of carbonyl (C=O) groups is 1. The van der Waals surface area contributed by atoms with E-state index in [2.05, 4.69) is 17.1 Å². The van der Waals surface area contributed by atoms with E-state index in [9.17, 15) is 4.79 Å². The number of piperidine rings is 1. The summed E-state index contributed by atoms with van der Waals surface area (Å²) in [5.41, 5.74) is 0.273. The molecule has 3 fully saturated rings. The summed E-state index contributed by atoms with van der Waals surface area (Å²) in [6, 6.07) is 0.419. The molecule has 0 aromatic rings. The monoisotopic (exact) mass is 358 g/mol. The highest BCUT2D eigenvalue weighted by Crippen LogP contribution is 2.56. The van der Waals surface area contributed by atoms with Crippen LogP contribution in [0, 0.1) is 11.3 Å². The van der Waals surface area contributed by atoms with Crippen molar-refractivity contribution in [3.8, 4) is 0 Å². The number of hydrogen-bond acceptors (Lipinski definition) is 3. The van der Waals surface area contributed by atoms with Crippen LogP contribution in [0.4, 0.5) is 0 Å². The Balaban J connectivity index is 0.00000208. The molecule has 24 heavy (non-hydrogen) atoms. The van der Waals surface area contributed by atoms with Gasteiger partial charge in [-0.2, -0.15) is 0 Å². The number of ether oxygens (including phenoxy) is 1. The third-order valence-electron chi connectivity index (χ3n) is 6.73. The molecule has 0 bridgehead atoms. The van der Waals surface area contributed by atoms with E-state index in [4.69, 9.17) is 4.74 Å². The number of nitrogens with one attached hydrogen (secondary N) is 1. The second kappa shape index (κ2) is 8.86. The molecule has 2 saturated carbocycles. The van der Waals surface area contributed by atoms with Crippen molar-refractivity contribution < 1.29 is 9.53 Å². The largest absolute Gasteiger partial charge is 0.378 e. The molecule has 1 saturated heterocycles. The van der Waals surface area contributed by atoms with Crippen LogP contribution in [0.15, 0.2) is 0 Å². The van der Waals surface area contributed by atoms with E-state index in [1.165, 1.54) is 38.5 Å². The van der Waals surface area contributed by atoms with Crippen LogP contribution in [0.2, 0.25) is 0 Å². The molecule has 0 radical (unpaired) electrons. The molecule has 140 valence electrons. The van der Waals surface area contributed by atoms with E-state index < -0.39 is 0 Å². The van der Waals surface area contributed by atoms with Gasteiger partial charge in [0.05, 0.1) is 6.10 Å². The Morgan fingerprint density at radius 3 is 2.54 bits per heavy atom. The summed E-state index contributed by atoms with van der Waals surface area (Å²) in [6.07, 6.45) is 10.8. The highest BCUT2D eigenvalue weighted by Gasteiger charge is 2.58. The first-order valence-electron chi connectivity index (χ1n) is 9.75. The normalized spacial score (nSPS) is 29.1. The maximum absolute atomic E-state index is 12.7. The van der Waals surface area contributed by atoms with Crippen molar-refractivity contribution in [3.05, 3.63) is 0 Å². The van der Waals surface area contributed by atoms with E-state index in [1.54, 1.807) is 0 Å². The highest BCUT2D eigenvalue weighted by molar-refractivity contribution is 5.85. The van der Waals surface area contributed by atoms with Gasteiger partial charge in [0.15, 0.2) is 0 Å². The van der Waals surface area contributed by atoms with Gasteiger partial charge in [-0.3, -0.25) is 4.79 Å². The summed E-state index contributed by atoms with van der Waals surface area (Å²) < 4.78 is 5.99. The van der Waals surface area contributed by atoms with Crippen LogP contribution >= 0.6 is 12.4 Å². The van der Waals surface area contributed by atoms with Gasteiger partial charge in [-0.15, -0.1) is 12.4 Å². The maximum Gasteiger partial charge on any atom is 0.222 e. The van der Waals surface area contributed by atoms with Gasteiger partial charge in [-0.25, -0.2) is 0 Å². The average molecular weight is 359 g/mol. The molecule has 1 heterocycles. The molecule has 1 amide bonds. The summed E-state index contributed by atoms with van der Waals surface area (Å²) in [5.74, 6) is 1.10. The second-order valence-electron chi connectivity index (χ2n) is 7.87. The fourth-order valence-electron chi connectivity index (χ4n) is 5.24. The van der Waals surface area contributed by atoms with Gasteiger partial charge in [-0.05, 0) is 64.5 Å². The van der Waals surface area contributed by atoms with Gasteiger partial charge in [0, 0.05) is 31.5 Å². The predicted octanol–water partition coefficient (Wildman–Crippen LogP) is 3.38. The van der Waals surface area contributed by atoms with E-state index in [1.807, 2.05) is 7.05 Å². The van der Waals surface area contributed by atoms with Crippen LogP contribution in [0.1, 0.15) is 64.7 Å². The number of halogens is 1. The van der Waals surface area contributed by atoms with Gasteiger partial charge in [0.25, 0.3) is 0 Å². The third-order valence-corrected chi connectivity index (χ3v) is 6.73. The van der Waals surface area contributed by atoms with Gasteiger partial charge < -0.3 is 15.0 Å². The van der Waals surface area contributed by atoms with Gasteiger partial charge >= 0.3 is 0 Å². The quantitative estimate of drug-likeness (QED) is 0.791. The van der Waals surface area contributed by atoms with Gasteiger partial charge in [0.2, 0.25) is 5.91 Å². The van der Waals surface area contributed by atoms with E-state index in [-0.39, 0.29) is 17.8 Å². The first-order chi connectivity index (χ1) is 11.2. The fraction of sp³-hybridized carbons (Fsp3) is 0.947. The maximum atomic E-state index is 12.7. The van der Waals surface area contributed by atoms with Crippen LogP contribution < -0.4 is 5.32 Å². The third kappa shape index (κ3) is 3.91. The highest BCUT2D eigenvalue weighted by atomic mass is 35.5. The number of nitrogens with zero attached hydrogens (tertiary/aromatic N) is 1. The van der Waals surface area contributed by atoms with Gasteiger partial charge in [-0.1, -0.05) is 12.8 Å². The number of amides is 1. The lowest BCUT2D eigenvalue weighted by Crippen LogP contribution is -2.64. The van der Waals surface area contributed by atoms with E-state index >= 15 is 0 Å². The molecule has 1 N–H and O–H groups in total. The molecule has 0 aromatic carbocycles. The Morgan fingerprint density at radius 2 is 1.92 bits per heavy atom. The van der Waals surface area contributed by atoms with Crippen LogP contribution in [0.5, 0.6) is 0 Å². The van der Waals surface area contributed by atoms with Crippen molar-refractivity contribution in [3.63, 3.8) is 0 Å². The summed E-state index contributed by atoms with van der Waals surface area (Å²) in [6.45, 7) is 5.13. The molecule has 2 aliphatic carbocycles. The lowest BCUT2D eigenvalue weighted by molar-refractivity contribution is -0.172. The van der Waals surface area contributed by atoms with Crippen LogP contribution in [0.3, 0.4) is 0 Å². The minimum atomic E-state index is 0. The Labute approximate surface area is 153 Å². The average Bonchev–Trinajstić information content (AvgIpc) is 3.09. The van der Waals surface area contributed by atoms with E-state index in [0.29, 0.717) is 18.1 Å². The lowest BCUT2D eigenvalue weighted by atomic mass is 9.60. The summed E-state index contributed by atoms with van der Waals surface area (Å²) in [5, 5.41) is 3.40. The smallest absolute Gasteiger partial charge is 0.222 e. The molecule has 3 aliphatic rings. The predicted molar refractivity (Wildman–Crippen MR) is 99.6 cm³/mol. The number of hydrogen-bond donors (Lipinski definition) is 1. The van der Waals surface area contributed by atoms with Crippen molar-refractivity contribution in [2.24, 2.45) is 11.3 Å². The zero-order valence-corrected chi connectivity index (χ0v) is 16.2. The van der Waals surface area contributed by atoms with Gasteiger partial charge in [0.1, 0.15) is 0 Å². The lowest BCUT2D eigenvalue weighted by Gasteiger charge is -2.57. The Kier molecular flexibility index (Phi) is 7.39. The zero-order valence-electron chi connectivity index (χ0n) is 15.4. The molecule has 4 nitrogen and oxygen atoms in total. The van der Waals surface area contributed by atoms with Crippen LogP contribution in [-0.4, -0.2) is 49.7 Å². The molecule has 3 rings (SSSR count). The van der Waals surface area contributed by atoms with Crippen molar-refractivity contribution in [2.45, 2.75) is 76.9 Å². The zero-order chi connectivity index (χ0) is 16.3. The Bertz CT molecular complexity index is 406. The summed E-state index contributed by atoms with van der Waals surface area (Å²) >= 11 is 0. The number of rotatable bonds is 6. The molecule has 2 atom stereocenters. The molecule has 5 heteroatoms. The minimum absolute atomic E-state index is 0. The molecule has 2 unspecified atom stereocenters. The first kappa shape index (κ1) is 20.0. The van der Waals surface area contributed by atoms with Crippen molar-refractivity contribution >= 4 is 18.3 Å². The summed E-state index contributed by atoms with van der Waals surface area (Å²) in [4.78, 5) is 14.8. The molecule has 1 spiro atoms. The molecule has 0 aromatic heterocycles. The topological polar surface area (TPSA) is 41.6 Å².